The molecule has 18 heavy (non-hydrogen) atoms. The van der Waals surface area contributed by atoms with E-state index < -0.39 is 0 Å². The maximum atomic E-state index is 12.0. The van der Waals surface area contributed by atoms with E-state index in [1.165, 1.54) is 11.1 Å². The first-order valence-electron chi connectivity index (χ1n) is 6.81. The topological polar surface area (TPSA) is 55.1 Å². The van der Waals surface area contributed by atoms with Crippen molar-refractivity contribution in [3.8, 4) is 0 Å². The van der Waals surface area contributed by atoms with Crippen LogP contribution in [-0.2, 0) is 17.6 Å². The second-order valence-corrected chi connectivity index (χ2v) is 5.04. The van der Waals surface area contributed by atoms with Crippen LogP contribution < -0.4 is 11.1 Å². The first-order valence-corrected chi connectivity index (χ1v) is 6.81. The fourth-order valence-electron chi connectivity index (χ4n) is 2.20. The molecule has 1 fully saturated rings. The van der Waals surface area contributed by atoms with Gasteiger partial charge in [-0.3, -0.25) is 4.79 Å². The molecule has 1 aliphatic rings. The lowest BCUT2D eigenvalue weighted by Gasteiger charge is -2.16. The van der Waals surface area contributed by atoms with E-state index in [1.807, 2.05) is 12.1 Å². The molecule has 1 amide bonds. The lowest BCUT2D eigenvalue weighted by atomic mass is 9.94. The van der Waals surface area contributed by atoms with Crippen molar-refractivity contribution in [2.45, 2.75) is 38.6 Å². The van der Waals surface area contributed by atoms with Gasteiger partial charge in [0.25, 0.3) is 0 Å². The molecule has 3 N–H and O–H groups in total. The van der Waals surface area contributed by atoms with Crippen molar-refractivity contribution < 1.29 is 4.79 Å². The summed E-state index contributed by atoms with van der Waals surface area (Å²) < 4.78 is 0. The molecule has 1 aromatic rings. The molecule has 0 aliphatic heterocycles. The fraction of sp³-hybridized carbons (Fsp3) is 0.533. The molecule has 0 bridgehead atoms. The molecule has 1 unspecified atom stereocenters. The lowest BCUT2D eigenvalue weighted by molar-refractivity contribution is -0.124. The Morgan fingerprint density at radius 3 is 2.61 bits per heavy atom. The first-order chi connectivity index (χ1) is 8.74. The zero-order valence-electron chi connectivity index (χ0n) is 11.0. The number of carbonyl (C=O) groups is 1. The Morgan fingerprint density at radius 2 is 2.06 bits per heavy atom. The molecule has 3 heteroatoms. The summed E-state index contributed by atoms with van der Waals surface area (Å²) in [5.41, 5.74) is 8.31. The van der Waals surface area contributed by atoms with E-state index in [-0.39, 0.29) is 11.8 Å². The van der Waals surface area contributed by atoms with Gasteiger partial charge in [0.1, 0.15) is 0 Å². The lowest BCUT2D eigenvalue weighted by Crippen LogP contribution is -2.37. The van der Waals surface area contributed by atoms with E-state index in [0.717, 1.165) is 25.7 Å². The third-order valence-electron chi connectivity index (χ3n) is 3.54. The van der Waals surface area contributed by atoms with Crippen LogP contribution in [0.4, 0.5) is 0 Å². The van der Waals surface area contributed by atoms with Crippen LogP contribution in [-0.4, -0.2) is 18.5 Å². The van der Waals surface area contributed by atoms with Crippen LogP contribution in [0, 0.1) is 5.92 Å². The predicted molar refractivity (Wildman–Crippen MR) is 73.2 cm³/mol. The Hall–Kier alpha value is -1.35. The Kier molecular flexibility index (Phi) is 4.37. The summed E-state index contributed by atoms with van der Waals surface area (Å²) in [4.78, 5) is 12.0. The van der Waals surface area contributed by atoms with Gasteiger partial charge in [-0.15, -0.1) is 0 Å². The highest BCUT2D eigenvalue weighted by Gasteiger charge is 2.27. The van der Waals surface area contributed by atoms with Crippen molar-refractivity contribution in [1.29, 1.82) is 0 Å². The van der Waals surface area contributed by atoms with Crippen molar-refractivity contribution in [2.24, 2.45) is 11.7 Å². The molecular formula is C15H22N2O. The molecule has 0 saturated heterocycles. The zero-order chi connectivity index (χ0) is 13.0. The molecule has 1 aliphatic carbocycles. The molecule has 1 aromatic carbocycles. The van der Waals surface area contributed by atoms with Crippen LogP contribution in [0.1, 0.15) is 30.9 Å². The summed E-state index contributed by atoms with van der Waals surface area (Å²) in [6, 6.07) is 8.71. The number of aryl methyl sites for hydroxylation is 1. The monoisotopic (exact) mass is 246 g/mol. The van der Waals surface area contributed by atoms with Gasteiger partial charge in [-0.1, -0.05) is 31.2 Å². The minimum absolute atomic E-state index is 0.0988. The number of amides is 1. The van der Waals surface area contributed by atoms with Crippen LogP contribution in [0.25, 0.3) is 0 Å². The van der Waals surface area contributed by atoms with Crippen molar-refractivity contribution in [1.82, 2.24) is 5.32 Å². The van der Waals surface area contributed by atoms with Crippen molar-refractivity contribution in [3.63, 3.8) is 0 Å². The SMILES string of the molecule is CCc1ccccc1CC(CN)C(=O)NC1CC1. The summed E-state index contributed by atoms with van der Waals surface area (Å²) in [5.74, 6) is 0.0178. The van der Waals surface area contributed by atoms with Gasteiger partial charge in [-0.2, -0.15) is 0 Å². The molecule has 0 heterocycles. The summed E-state index contributed by atoms with van der Waals surface area (Å²) in [7, 11) is 0. The van der Waals surface area contributed by atoms with Crippen LogP contribution in [0.2, 0.25) is 0 Å². The molecule has 1 atom stereocenters. The maximum absolute atomic E-state index is 12.0. The molecule has 0 radical (unpaired) electrons. The molecule has 0 aromatic heterocycles. The quantitative estimate of drug-likeness (QED) is 0.802. The molecular weight excluding hydrogens is 224 g/mol. The summed E-state index contributed by atoms with van der Waals surface area (Å²) in [6.07, 6.45) is 3.99. The predicted octanol–water partition coefficient (Wildman–Crippen LogP) is 1.64. The van der Waals surface area contributed by atoms with Crippen molar-refractivity contribution in [2.75, 3.05) is 6.54 Å². The largest absolute Gasteiger partial charge is 0.353 e. The summed E-state index contributed by atoms with van der Waals surface area (Å²) >= 11 is 0. The summed E-state index contributed by atoms with van der Waals surface area (Å²) in [5, 5.41) is 3.04. The average Bonchev–Trinajstić information content (AvgIpc) is 3.20. The van der Waals surface area contributed by atoms with E-state index in [2.05, 4.69) is 24.4 Å². The molecule has 0 spiro atoms. The maximum Gasteiger partial charge on any atom is 0.224 e. The van der Waals surface area contributed by atoms with Gasteiger partial charge in [0.2, 0.25) is 5.91 Å². The standard InChI is InChI=1S/C15H22N2O/c1-2-11-5-3-4-6-12(11)9-13(10-16)15(18)17-14-7-8-14/h3-6,13-14H,2,7-10,16H2,1H3,(H,17,18). The number of nitrogens with one attached hydrogen (secondary N) is 1. The number of nitrogens with two attached hydrogens (primary N) is 1. The van der Waals surface area contributed by atoms with Gasteiger partial charge < -0.3 is 11.1 Å². The van der Waals surface area contributed by atoms with Crippen LogP contribution in [0.3, 0.4) is 0 Å². The first kappa shape index (κ1) is 13.1. The number of hydrogen-bond acceptors (Lipinski definition) is 2. The minimum Gasteiger partial charge on any atom is -0.353 e. The highest BCUT2D eigenvalue weighted by atomic mass is 16.2. The average molecular weight is 246 g/mol. The number of benzene rings is 1. The van der Waals surface area contributed by atoms with Crippen LogP contribution in [0.15, 0.2) is 24.3 Å². The zero-order valence-corrected chi connectivity index (χ0v) is 11.0. The summed E-state index contributed by atoms with van der Waals surface area (Å²) in [6.45, 7) is 2.55. The number of carbonyl (C=O) groups excluding carboxylic acids is 1. The normalized spacial score (nSPS) is 16.3. The molecule has 2 rings (SSSR count). The van der Waals surface area contributed by atoms with E-state index in [0.29, 0.717) is 12.6 Å². The Balaban J connectivity index is 2.01. The Bertz CT molecular complexity index is 413. The fourth-order valence-corrected chi connectivity index (χ4v) is 2.20. The Labute approximate surface area is 109 Å². The van der Waals surface area contributed by atoms with Crippen LogP contribution in [0.5, 0.6) is 0 Å². The smallest absolute Gasteiger partial charge is 0.224 e. The van der Waals surface area contributed by atoms with Gasteiger partial charge in [-0.25, -0.2) is 0 Å². The Morgan fingerprint density at radius 1 is 1.39 bits per heavy atom. The van der Waals surface area contributed by atoms with E-state index in [1.54, 1.807) is 0 Å². The van der Waals surface area contributed by atoms with E-state index >= 15 is 0 Å². The second-order valence-electron chi connectivity index (χ2n) is 5.04. The van der Waals surface area contributed by atoms with Gasteiger partial charge in [0.15, 0.2) is 0 Å². The minimum atomic E-state index is -0.0988. The van der Waals surface area contributed by atoms with Gasteiger partial charge in [0.05, 0.1) is 5.92 Å². The van der Waals surface area contributed by atoms with Crippen LogP contribution >= 0.6 is 0 Å². The molecule has 3 nitrogen and oxygen atoms in total. The van der Waals surface area contributed by atoms with Gasteiger partial charge in [-0.05, 0) is 36.8 Å². The van der Waals surface area contributed by atoms with Gasteiger partial charge >= 0.3 is 0 Å². The van der Waals surface area contributed by atoms with Crippen molar-refractivity contribution in [3.05, 3.63) is 35.4 Å². The highest BCUT2D eigenvalue weighted by molar-refractivity contribution is 5.79. The third-order valence-corrected chi connectivity index (χ3v) is 3.54. The molecule has 98 valence electrons. The second kappa shape index (κ2) is 6.01. The van der Waals surface area contributed by atoms with E-state index in [9.17, 15) is 4.79 Å². The number of rotatable bonds is 6. The van der Waals surface area contributed by atoms with Crippen molar-refractivity contribution >= 4 is 5.91 Å². The number of hydrogen-bond donors (Lipinski definition) is 2. The molecule has 1 saturated carbocycles. The third kappa shape index (κ3) is 3.33. The van der Waals surface area contributed by atoms with E-state index in [4.69, 9.17) is 5.73 Å². The van der Waals surface area contributed by atoms with Gasteiger partial charge in [0, 0.05) is 12.6 Å². The highest BCUT2D eigenvalue weighted by Crippen LogP contribution is 2.20.